The molecule has 2 amide bonds. The van der Waals surface area contributed by atoms with Gasteiger partial charge in [-0.3, -0.25) is 0 Å². The molecule has 3 aromatic rings. The first-order valence-electron chi connectivity index (χ1n) is 8.49. The predicted molar refractivity (Wildman–Crippen MR) is 103 cm³/mol. The molecule has 1 atom stereocenters. The van der Waals surface area contributed by atoms with Crippen LogP contribution in [0.5, 0.6) is 0 Å². The number of H-pyrrole nitrogens is 1. The summed E-state index contributed by atoms with van der Waals surface area (Å²) in [4.78, 5) is 26.6. The number of carboxylic acid groups (broad SMARTS) is 1. The molecule has 6 nitrogen and oxygen atoms in total. The quantitative estimate of drug-likeness (QED) is 0.526. The average molecular weight is 361 g/mol. The third kappa shape index (κ3) is 4.89. The van der Waals surface area contributed by atoms with E-state index in [2.05, 4.69) is 27.5 Å². The number of nitrogens with one attached hydrogen (secondary N) is 3. The number of aliphatic carboxylic acids is 1. The van der Waals surface area contributed by atoms with Gasteiger partial charge in [-0.15, -0.1) is 0 Å². The number of aromatic nitrogens is 1. The molecule has 0 unspecified atom stereocenters. The smallest absolute Gasteiger partial charge is 0.326 e. The van der Waals surface area contributed by atoms with Gasteiger partial charge in [0.05, 0.1) is 6.54 Å². The maximum absolute atomic E-state index is 12.0. The average Bonchev–Trinajstić information content (AvgIpc) is 3.08. The molecule has 1 heterocycles. The summed E-state index contributed by atoms with van der Waals surface area (Å²) in [5.41, 5.74) is 2.61. The molecule has 0 aliphatic heterocycles. The Hall–Kier alpha value is -3.72. The second-order valence-electron chi connectivity index (χ2n) is 5.95. The van der Waals surface area contributed by atoms with Crippen LogP contribution in [0.25, 0.3) is 10.9 Å². The van der Waals surface area contributed by atoms with Gasteiger partial charge in [-0.2, -0.15) is 0 Å². The molecule has 2 aromatic carbocycles. The molecule has 4 N–H and O–H groups in total. The van der Waals surface area contributed by atoms with E-state index >= 15 is 0 Å². The third-order valence-electron chi connectivity index (χ3n) is 4.05. The molecule has 0 aliphatic rings. The van der Waals surface area contributed by atoms with E-state index in [1.807, 2.05) is 54.6 Å². The Kier molecular flexibility index (Phi) is 5.75. The molecule has 0 aliphatic carbocycles. The summed E-state index contributed by atoms with van der Waals surface area (Å²) in [6.45, 7) is 0.125. The molecule has 136 valence electrons. The second kappa shape index (κ2) is 8.59. The first kappa shape index (κ1) is 18.1. The maximum Gasteiger partial charge on any atom is 0.326 e. The second-order valence-corrected chi connectivity index (χ2v) is 5.95. The molecule has 0 bridgehead atoms. The van der Waals surface area contributed by atoms with Crippen molar-refractivity contribution in [2.75, 3.05) is 6.54 Å². The number of para-hydroxylation sites is 1. The number of amides is 2. The standard InChI is InChI=1S/C21H19N3O3/c25-20(26)19(13-16-14-23-18-11-5-4-10-17(16)18)24-21(27)22-12-6-9-15-7-2-1-3-8-15/h1-5,7-8,10-11,14,19,23H,12-13H2,(H,25,26)(H2,22,24,27)/t19-/m0/s1. The number of carboxylic acids is 1. The van der Waals surface area contributed by atoms with E-state index in [1.165, 1.54) is 0 Å². The normalized spacial score (nSPS) is 11.3. The molecule has 0 radical (unpaired) electrons. The fraction of sp³-hybridized carbons (Fsp3) is 0.143. The number of hydrogen-bond acceptors (Lipinski definition) is 2. The highest BCUT2D eigenvalue weighted by Crippen LogP contribution is 2.19. The molecule has 0 fully saturated rings. The van der Waals surface area contributed by atoms with Crippen LogP contribution in [0.3, 0.4) is 0 Å². The molecule has 27 heavy (non-hydrogen) atoms. The number of urea groups is 1. The molecule has 0 saturated carbocycles. The number of carbonyl (C=O) groups is 2. The van der Waals surface area contributed by atoms with Crippen molar-refractivity contribution in [3.05, 3.63) is 71.9 Å². The van der Waals surface area contributed by atoms with Gasteiger partial charge in [0.15, 0.2) is 0 Å². The molecule has 1 aromatic heterocycles. The van der Waals surface area contributed by atoms with Crippen molar-refractivity contribution < 1.29 is 14.7 Å². The lowest BCUT2D eigenvalue weighted by atomic mass is 10.1. The first-order chi connectivity index (χ1) is 13.1. The zero-order chi connectivity index (χ0) is 19.1. The molecule has 3 rings (SSSR count). The molecule has 0 saturated heterocycles. The van der Waals surface area contributed by atoms with Gasteiger partial charge in [0.2, 0.25) is 0 Å². The number of rotatable bonds is 5. The van der Waals surface area contributed by atoms with Crippen LogP contribution in [0.15, 0.2) is 60.8 Å². The zero-order valence-corrected chi connectivity index (χ0v) is 14.5. The SMILES string of the molecule is O=C(NCC#Cc1ccccc1)N[C@@H](Cc1c[nH]c2ccccc12)C(=O)O. The van der Waals surface area contributed by atoms with Crippen molar-refractivity contribution in [1.82, 2.24) is 15.6 Å². The summed E-state index contributed by atoms with van der Waals surface area (Å²) in [7, 11) is 0. The van der Waals surface area contributed by atoms with Crippen molar-refractivity contribution in [1.29, 1.82) is 0 Å². The van der Waals surface area contributed by atoms with Crippen LogP contribution in [0.1, 0.15) is 11.1 Å². The lowest BCUT2D eigenvalue weighted by Gasteiger charge is -2.14. The third-order valence-corrected chi connectivity index (χ3v) is 4.05. The van der Waals surface area contributed by atoms with E-state index < -0.39 is 18.0 Å². The van der Waals surface area contributed by atoms with Crippen LogP contribution in [-0.4, -0.2) is 34.7 Å². The van der Waals surface area contributed by atoms with Gasteiger partial charge in [0.1, 0.15) is 6.04 Å². The van der Waals surface area contributed by atoms with E-state index in [-0.39, 0.29) is 13.0 Å². The van der Waals surface area contributed by atoms with Crippen molar-refractivity contribution >= 4 is 22.9 Å². The number of hydrogen-bond donors (Lipinski definition) is 4. The summed E-state index contributed by atoms with van der Waals surface area (Å²) in [5, 5.41) is 15.4. The zero-order valence-electron chi connectivity index (χ0n) is 14.5. The highest BCUT2D eigenvalue weighted by Gasteiger charge is 2.21. The number of fused-ring (bicyclic) bond motifs is 1. The van der Waals surface area contributed by atoms with E-state index in [0.29, 0.717) is 0 Å². The fourth-order valence-electron chi connectivity index (χ4n) is 2.72. The number of aromatic amines is 1. The minimum atomic E-state index is -1.09. The van der Waals surface area contributed by atoms with Crippen LogP contribution in [0, 0.1) is 11.8 Å². The number of carbonyl (C=O) groups excluding carboxylic acids is 1. The number of benzene rings is 2. The Labute approximate surface area is 156 Å². The Morgan fingerprint density at radius 3 is 2.59 bits per heavy atom. The Balaban J connectivity index is 1.57. The minimum Gasteiger partial charge on any atom is -0.480 e. The van der Waals surface area contributed by atoms with Crippen LogP contribution < -0.4 is 10.6 Å². The van der Waals surface area contributed by atoms with Crippen LogP contribution in [0.4, 0.5) is 4.79 Å². The molecule has 6 heteroatoms. The first-order valence-corrected chi connectivity index (χ1v) is 8.49. The lowest BCUT2D eigenvalue weighted by Crippen LogP contribution is -2.47. The van der Waals surface area contributed by atoms with Gasteiger partial charge >= 0.3 is 12.0 Å². The monoisotopic (exact) mass is 361 g/mol. The Bertz CT molecular complexity index is 999. The van der Waals surface area contributed by atoms with E-state index in [1.54, 1.807) is 6.20 Å². The van der Waals surface area contributed by atoms with Gasteiger partial charge in [-0.1, -0.05) is 48.2 Å². The van der Waals surface area contributed by atoms with Gasteiger partial charge in [0.25, 0.3) is 0 Å². The van der Waals surface area contributed by atoms with Crippen molar-refractivity contribution in [3.8, 4) is 11.8 Å². The van der Waals surface area contributed by atoms with Crippen LogP contribution in [-0.2, 0) is 11.2 Å². The van der Waals surface area contributed by atoms with Crippen LogP contribution >= 0.6 is 0 Å². The van der Waals surface area contributed by atoms with Gasteiger partial charge in [-0.05, 0) is 23.8 Å². The van der Waals surface area contributed by atoms with E-state index in [9.17, 15) is 14.7 Å². The highest BCUT2D eigenvalue weighted by atomic mass is 16.4. The summed E-state index contributed by atoms with van der Waals surface area (Å²) in [5.74, 6) is 4.66. The van der Waals surface area contributed by atoms with E-state index in [4.69, 9.17) is 0 Å². The topological polar surface area (TPSA) is 94.2 Å². The van der Waals surface area contributed by atoms with Gasteiger partial charge < -0.3 is 20.7 Å². The van der Waals surface area contributed by atoms with Gasteiger partial charge in [-0.25, -0.2) is 9.59 Å². The van der Waals surface area contributed by atoms with Crippen molar-refractivity contribution in [2.45, 2.75) is 12.5 Å². The summed E-state index contributed by atoms with van der Waals surface area (Å²) >= 11 is 0. The predicted octanol–water partition coefficient (Wildman–Crippen LogP) is 2.51. The largest absolute Gasteiger partial charge is 0.480 e. The van der Waals surface area contributed by atoms with Crippen molar-refractivity contribution in [3.63, 3.8) is 0 Å². The molecular formula is C21H19N3O3. The summed E-state index contributed by atoms with van der Waals surface area (Å²) in [6, 6.07) is 15.4. The van der Waals surface area contributed by atoms with Crippen LogP contribution in [0.2, 0.25) is 0 Å². The minimum absolute atomic E-state index is 0.125. The van der Waals surface area contributed by atoms with E-state index in [0.717, 1.165) is 22.0 Å². The molecule has 0 spiro atoms. The maximum atomic E-state index is 12.0. The van der Waals surface area contributed by atoms with Crippen molar-refractivity contribution in [2.24, 2.45) is 0 Å². The Morgan fingerprint density at radius 1 is 1.07 bits per heavy atom. The fourth-order valence-corrected chi connectivity index (χ4v) is 2.72. The van der Waals surface area contributed by atoms with Gasteiger partial charge in [0, 0.05) is 29.1 Å². The lowest BCUT2D eigenvalue weighted by molar-refractivity contribution is -0.139. The highest BCUT2D eigenvalue weighted by molar-refractivity contribution is 5.86. The Morgan fingerprint density at radius 2 is 1.81 bits per heavy atom. The summed E-state index contributed by atoms with van der Waals surface area (Å²) < 4.78 is 0. The summed E-state index contributed by atoms with van der Waals surface area (Å²) in [6.07, 6.45) is 1.95. The molecular weight excluding hydrogens is 342 g/mol.